The van der Waals surface area contributed by atoms with Gasteiger partial charge in [0.05, 0.1) is 7.11 Å². The van der Waals surface area contributed by atoms with Crippen LogP contribution in [-0.2, 0) is 0 Å². The molecule has 3 aromatic rings. The van der Waals surface area contributed by atoms with E-state index in [1.165, 1.54) is 7.11 Å². The molecule has 2 N–H and O–H groups in total. The first-order chi connectivity index (χ1) is 12.1. The fourth-order valence-corrected chi connectivity index (χ4v) is 2.28. The number of rotatable bonds is 5. The van der Waals surface area contributed by atoms with Crippen LogP contribution in [0.3, 0.4) is 0 Å². The second-order valence-electron chi connectivity index (χ2n) is 5.43. The third-order valence-electron chi connectivity index (χ3n) is 3.46. The molecule has 0 bridgehead atoms. The van der Waals surface area contributed by atoms with Gasteiger partial charge in [-0.05, 0) is 31.2 Å². The van der Waals surface area contributed by atoms with Gasteiger partial charge in [0.25, 0.3) is 5.91 Å². The number of anilines is 3. The number of amides is 1. The Labute approximate surface area is 145 Å². The van der Waals surface area contributed by atoms with Gasteiger partial charge in [0.2, 0.25) is 11.8 Å². The summed E-state index contributed by atoms with van der Waals surface area (Å²) in [5, 5.41) is 5.86. The highest BCUT2D eigenvalue weighted by Gasteiger charge is 2.11. The largest absolute Gasteiger partial charge is 0.481 e. The summed E-state index contributed by atoms with van der Waals surface area (Å²) in [5.41, 5.74) is 2.42. The Morgan fingerprint density at radius 3 is 2.52 bits per heavy atom. The molecule has 0 aliphatic heterocycles. The first-order valence-electron chi connectivity index (χ1n) is 7.77. The van der Waals surface area contributed by atoms with Crippen LogP contribution in [0.5, 0.6) is 5.88 Å². The molecule has 0 spiro atoms. The van der Waals surface area contributed by atoms with Crippen molar-refractivity contribution in [3.63, 3.8) is 0 Å². The lowest BCUT2D eigenvalue weighted by Gasteiger charge is -2.10. The fourth-order valence-electron chi connectivity index (χ4n) is 2.28. The molecule has 126 valence electrons. The van der Waals surface area contributed by atoms with Crippen LogP contribution in [0.25, 0.3) is 0 Å². The van der Waals surface area contributed by atoms with Gasteiger partial charge in [0.15, 0.2) is 0 Å². The lowest BCUT2D eigenvalue weighted by molar-refractivity contribution is 0.102. The van der Waals surface area contributed by atoms with E-state index in [1.54, 1.807) is 18.2 Å². The van der Waals surface area contributed by atoms with Crippen LogP contribution in [0.1, 0.15) is 15.9 Å². The van der Waals surface area contributed by atoms with Crippen molar-refractivity contribution >= 4 is 23.4 Å². The second kappa shape index (κ2) is 7.44. The van der Waals surface area contributed by atoms with Crippen molar-refractivity contribution in [2.75, 3.05) is 17.7 Å². The number of ether oxygens (including phenoxy) is 1. The summed E-state index contributed by atoms with van der Waals surface area (Å²) in [6.07, 6.45) is 0. The Morgan fingerprint density at radius 2 is 1.80 bits per heavy atom. The van der Waals surface area contributed by atoms with Gasteiger partial charge in [-0.25, -0.2) is 0 Å². The van der Waals surface area contributed by atoms with E-state index in [4.69, 9.17) is 4.74 Å². The van der Waals surface area contributed by atoms with Crippen LogP contribution >= 0.6 is 0 Å². The second-order valence-corrected chi connectivity index (χ2v) is 5.43. The summed E-state index contributed by atoms with van der Waals surface area (Å²) < 4.78 is 5.20. The number of hydrogen-bond acceptors (Lipinski definition) is 5. The van der Waals surface area contributed by atoms with Gasteiger partial charge < -0.3 is 10.1 Å². The Balaban J connectivity index is 1.83. The van der Waals surface area contributed by atoms with Gasteiger partial charge in [0.1, 0.15) is 5.82 Å². The molecule has 0 saturated heterocycles. The van der Waals surface area contributed by atoms with Gasteiger partial charge >= 0.3 is 0 Å². The zero-order valence-corrected chi connectivity index (χ0v) is 14.0. The molecular weight excluding hydrogens is 316 g/mol. The lowest BCUT2D eigenvalue weighted by atomic mass is 10.1. The van der Waals surface area contributed by atoms with Crippen LogP contribution in [0, 0.1) is 6.92 Å². The van der Waals surface area contributed by atoms with Crippen molar-refractivity contribution in [2.45, 2.75) is 6.92 Å². The molecule has 0 radical (unpaired) electrons. The zero-order valence-electron chi connectivity index (χ0n) is 14.0. The molecule has 0 atom stereocenters. The third kappa shape index (κ3) is 4.32. The van der Waals surface area contributed by atoms with E-state index in [0.717, 1.165) is 11.3 Å². The fraction of sp³-hybridized carbons (Fsp3) is 0.105. The molecule has 0 fully saturated rings. The number of methoxy groups -OCH3 is 1. The van der Waals surface area contributed by atoms with Crippen molar-refractivity contribution in [2.24, 2.45) is 0 Å². The van der Waals surface area contributed by atoms with E-state index in [2.05, 4.69) is 20.6 Å². The van der Waals surface area contributed by atoms with Crippen LogP contribution < -0.4 is 15.4 Å². The average Bonchev–Trinajstić information content (AvgIpc) is 2.62. The summed E-state index contributed by atoms with van der Waals surface area (Å²) in [6.45, 7) is 1.93. The minimum Gasteiger partial charge on any atom is -0.481 e. The van der Waals surface area contributed by atoms with Gasteiger partial charge in [-0.1, -0.05) is 35.9 Å². The third-order valence-corrected chi connectivity index (χ3v) is 3.46. The Kier molecular flexibility index (Phi) is 4.89. The summed E-state index contributed by atoms with van der Waals surface area (Å²) in [4.78, 5) is 20.9. The summed E-state index contributed by atoms with van der Waals surface area (Å²) in [6, 6.07) is 18.6. The van der Waals surface area contributed by atoms with Gasteiger partial charge in [0, 0.05) is 17.3 Å². The van der Waals surface area contributed by atoms with E-state index >= 15 is 0 Å². The summed E-state index contributed by atoms with van der Waals surface area (Å²) >= 11 is 0. The van der Waals surface area contributed by atoms with E-state index in [-0.39, 0.29) is 11.9 Å². The van der Waals surface area contributed by atoms with Crippen molar-refractivity contribution in [1.29, 1.82) is 0 Å². The average molecular weight is 334 g/mol. The Bertz CT molecular complexity index is 882. The van der Waals surface area contributed by atoms with E-state index in [0.29, 0.717) is 17.3 Å². The van der Waals surface area contributed by atoms with Crippen LogP contribution in [0.4, 0.5) is 17.5 Å². The van der Waals surface area contributed by atoms with Crippen LogP contribution in [0.15, 0.2) is 60.7 Å². The highest BCUT2D eigenvalue weighted by molar-refractivity contribution is 6.03. The molecule has 0 unspecified atom stereocenters. The van der Waals surface area contributed by atoms with E-state index in [1.807, 2.05) is 49.4 Å². The van der Waals surface area contributed by atoms with Crippen LogP contribution in [0.2, 0.25) is 0 Å². The molecule has 2 aromatic carbocycles. The molecule has 1 amide bonds. The highest BCUT2D eigenvalue weighted by atomic mass is 16.5. The highest BCUT2D eigenvalue weighted by Crippen LogP contribution is 2.20. The van der Waals surface area contributed by atoms with E-state index < -0.39 is 0 Å². The number of carbonyl (C=O) groups is 1. The summed E-state index contributed by atoms with van der Waals surface area (Å²) in [7, 11) is 1.51. The molecule has 6 nitrogen and oxygen atoms in total. The Morgan fingerprint density at radius 1 is 1.00 bits per heavy atom. The standard InChI is InChI=1S/C19H18N4O2/c1-13-7-6-8-14(11-13)18(24)23-19-21-16(12-17(22-19)25-2)20-15-9-4-3-5-10-15/h3-12H,1-2H3,(H2,20,21,22,23,24). The maximum Gasteiger partial charge on any atom is 0.258 e. The number of para-hydroxylation sites is 1. The predicted molar refractivity (Wildman–Crippen MR) is 97.4 cm³/mol. The van der Waals surface area contributed by atoms with Crippen molar-refractivity contribution < 1.29 is 9.53 Å². The monoisotopic (exact) mass is 334 g/mol. The van der Waals surface area contributed by atoms with Gasteiger partial charge in [-0.3, -0.25) is 10.1 Å². The minimum absolute atomic E-state index is 0.171. The van der Waals surface area contributed by atoms with Gasteiger partial charge in [-0.2, -0.15) is 9.97 Å². The number of aryl methyl sites for hydroxylation is 1. The van der Waals surface area contributed by atoms with Crippen molar-refractivity contribution in [3.05, 3.63) is 71.8 Å². The van der Waals surface area contributed by atoms with Crippen LogP contribution in [-0.4, -0.2) is 23.0 Å². The molecule has 1 heterocycles. The molecule has 3 rings (SSSR count). The maximum atomic E-state index is 12.4. The first-order valence-corrected chi connectivity index (χ1v) is 7.77. The SMILES string of the molecule is COc1cc(Nc2ccccc2)nc(NC(=O)c2cccc(C)c2)n1. The lowest BCUT2D eigenvalue weighted by Crippen LogP contribution is -2.15. The zero-order chi connectivity index (χ0) is 17.6. The predicted octanol–water partition coefficient (Wildman–Crippen LogP) is 3.79. The number of nitrogens with zero attached hydrogens (tertiary/aromatic N) is 2. The number of nitrogens with one attached hydrogen (secondary N) is 2. The Hall–Kier alpha value is -3.41. The smallest absolute Gasteiger partial charge is 0.258 e. The number of benzene rings is 2. The molecule has 1 aromatic heterocycles. The number of hydrogen-bond donors (Lipinski definition) is 2. The first kappa shape index (κ1) is 16.4. The van der Waals surface area contributed by atoms with Crippen molar-refractivity contribution in [3.8, 4) is 5.88 Å². The number of aromatic nitrogens is 2. The molecule has 0 aliphatic rings. The molecule has 25 heavy (non-hydrogen) atoms. The molecule has 0 aliphatic carbocycles. The maximum absolute atomic E-state index is 12.4. The van der Waals surface area contributed by atoms with E-state index in [9.17, 15) is 4.79 Å². The molecular formula is C19H18N4O2. The quantitative estimate of drug-likeness (QED) is 0.742. The molecule has 6 heteroatoms. The van der Waals surface area contributed by atoms with Crippen molar-refractivity contribution in [1.82, 2.24) is 9.97 Å². The summed E-state index contributed by atoms with van der Waals surface area (Å²) in [5.74, 6) is 0.775. The molecule has 0 saturated carbocycles. The number of carbonyl (C=O) groups excluding carboxylic acids is 1. The normalized spacial score (nSPS) is 10.2. The van der Waals surface area contributed by atoms with Gasteiger partial charge in [-0.15, -0.1) is 0 Å². The minimum atomic E-state index is -0.275. The topological polar surface area (TPSA) is 76.1 Å².